The first-order chi connectivity index (χ1) is 6.11. The van der Waals surface area contributed by atoms with Gasteiger partial charge in [-0.1, -0.05) is 20.8 Å². The number of nitrogens with two attached hydrogens (primary N) is 1. The second-order valence-corrected chi connectivity index (χ2v) is 5.01. The summed E-state index contributed by atoms with van der Waals surface area (Å²) < 4.78 is 0. The van der Waals surface area contributed by atoms with Crippen LogP contribution in [0.3, 0.4) is 0 Å². The summed E-state index contributed by atoms with van der Waals surface area (Å²) in [5.74, 6) is 2.39. The molecule has 0 bridgehead atoms. The van der Waals surface area contributed by atoms with Gasteiger partial charge in [-0.05, 0) is 30.7 Å². The van der Waals surface area contributed by atoms with Crippen molar-refractivity contribution < 1.29 is 0 Å². The van der Waals surface area contributed by atoms with E-state index in [9.17, 15) is 0 Å². The fourth-order valence-corrected chi connectivity index (χ4v) is 2.46. The van der Waals surface area contributed by atoms with Gasteiger partial charge in [-0.15, -0.1) is 0 Å². The van der Waals surface area contributed by atoms with Crippen molar-refractivity contribution in [2.24, 2.45) is 23.5 Å². The zero-order valence-electron chi connectivity index (χ0n) is 9.29. The molecule has 3 unspecified atom stereocenters. The molecule has 13 heavy (non-hydrogen) atoms. The molecule has 1 heterocycles. The van der Waals surface area contributed by atoms with Crippen LogP contribution in [0.25, 0.3) is 0 Å². The average Bonchev–Trinajstić information content (AvgIpc) is 2.02. The van der Waals surface area contributed by atoms with Crippen molar-refractivity contribution in [1.82, 2.24) is 4.90 Å². The van der Waals surface area contributed by atoms with Crippen molar-refractivity contribution in [3.05, 3.63) is 0 Å². The van der Waals surface area contributed by atoms with E-state index in [2.05, 4.69) is 25.7 Å². The van der Waals surface area contributed by atoms with E-state index in [1.807, 2.05) is 0 Å². The van der Waals surface area contributed by atoms with E-state index in [1.54, 1.807) is 0 Å². The Morgan fingerprint density at radius 2 is 1.85 bits per heavy atom. The first-order valence-corrected chi connectivity index (χ1v) is 5.54. The molecule has 2 nitrogen and oxygen atoms in total. The number of piperidine rings is 1. The number of hydrogen-bond donors (Lipinski definition) is 1. The molecular formula is C11H24N2. The van der Waals surface area contributed by atoms with Crippen LogP contribution in [-0.4, -0.2) is 31.1 Å². The summed E-state index contributed by atoms with van der Waals surface area (Å²) in [5, 5.41) is 0. The molecule has 0 amide bonds. The molecule has 2 heteroatoms. The summed E-state index contributed by atoms with van der Waals surface area (Å²) in [6.07, 6.45) is 1.40. The standard InChI is InChI=1S/C11H24N2/c1-9-4-10(2)7-13(6-9)8-11(3)5-12/h9-11H,4-8,12H2,1-3H3. The van der Waals surface area contributed by atoms with Crippen LogP contribution in [0, 0.1) is 17.8 Å². The smallest absolute Gasteiger partial charge is 0.00193 e. The summed E-state index contributed by atoms with van der Waals surface area (Å²) in [5.41, 5.74) is 5.63. The minimum absolute atomic E-state index is 0.650. The molecule has 0 aromatic heterocycles. The van der Waals surface area contributed by atoms with Crippen molar-refractivity contribution in [2.45, 2.75) is 27.2 Å². The average molecular weight is 184 g/mol. The zero-order valence-corrected chi connectivity index (χ0v) is 9.29. The lowest BCUT2D eigenvalue weighted by atomic mass is 9.91. The van der Waals surface area contributed by atoms with E-state index < -0.39 is 0 Å². The molecule has 2 N–H and O–H groups in total. The summed E-state index contributed by atoms with van der Waals surface area (Å²) in [4.78, 5) is 2.58. The maximum absolute atomic E-state index is 5.63. The Balaban J connectivity index is 2.32. The predicted octanol–water partition coefficient (Wildman–Crippen LogP) is 1.56. The normalized spacial score (nSPS) is 33.2. The molecule has 0 saturated carbocycles. The SMILES string of the molecule is CC(CN)CN1CC(C)CC(C)C1. The van der Waals surface area contributed by atoms with Crippen LogP contribution in [0.2, 0.25) is 0 Å². The van der Waals surface area contributed by atoms with E-state index in [1.165, 1.54) is 26.1 Å². The lowest BCUT2D eigenvalue weighted by Gasteiger charge is -2.36. The van der Waals surface area contributed by atoms with Gasteiger partial charge in [0.25, 0.3) is 0 Å². The molecule has 0 aromatic carbocycles. The van der Waals surface area contributed by atoms with Crippen molar-refractivity contribution in [1.29, 1.82) is 0 Å². The van der Waals surface area contributed by atoms with Crippen LogP contribution in [0.4, 0.5) is 0 Å². The van der Waals surface area contributed by atoms with Crippen LogP contribution in [-0.2, 0) is 0 Å². The first-order valence-electron chi connectivity index (χ1n) is 5.54. The van der Waals surface area contributed by atoms with E-state index in [-0.39, 0.29) is 0 Å². The van der Waals surface area contributed by atoms with Gasteiger partial charge in [0.1, 0.15) is 0 Å². The Morgan fingerprint density at radius 1 is 1.31 bits per heavy atom. The summed E-state index contributed by atoms with van der Waals surface area (Å²) in [6, 6.07) is 0. The van der Waals surface area contributed by atoms with Gasteiger partial charge in [0.15, 0.2) is 0 Å². The molecule has 3 atom stereocenters. The second-order valence-electron chi connectivity index (χ2n) is 5.01. The molecule has 1 rings (SSSR count). The van der Waals surface area contributed by atoms with Gasteiger partial charge in [-0.3, -0.25) is 0 Å². The number of rotatable bonds is 3. The van der Waals surface area contributed by atoms with Crippen LogP contribution < -0.4 is 5.73 Å². The molecule has 0 aromatic rings. The molecule has 1 aliphatic heterocycles. The van der Waals surface area contributed by atoms with Gasteiger partial charge < -0.3 is 10.6 Å². The lowest BCUT2D eigenvalue weighted by molar-refractivity contribution is 0.126. The second kappa shape index (κ2) is 4.97. The monoisotopic (exact) mass is 184 g/mol. The van der Waals surface area contributed by atoms with Gasteiger partial charge in [0.2, 0.25) is 0 Å². The fourth-order valence-electron chi connectivity index (χ4n) is 2.46. The third-order valence-corrected chi connectivity index (χ3v) is 2.92. The van der Waals surface area contributed by atoms with Gasteiger partial charge >= 0.3 is 0 Å². The summed E-state index contributed by atoms with van der Waals surface area (Å²) in [6.45, 7) is 11.5. The zero-order chi connectivity index (χ0) is 9.84. The first kappa shape index (κ1) is 11.0. The van der Waals surface area contributed by atoms with Crippen LogP contribution in [0.15, 0.2) is 0 Å². The molecule has 1 saturated heterocycles. The Hall–Kier alpha value is -0.0800. The highest BCUT2D eigenvalue weighted by molar-refractivity contribution is 4.75. The predicted molar refractivity (Wildman–Crippen MR) is 57.6 cm³/mol. The Kier molecular flexibility index (Phi) is 4.20. The van der Waals surface area contributed by atoms with Gasteiger partial charge in [0.05, 0.1) is 0 Å². The molecule has 0 radical (unpaired) electrons. The highest BCUT2D eigenvalue weighted by Crippen LogP contribution is 2.21. The lowest BCUT2D eigenvalue weighted by Crippen LogP contribution is -2.41. The van der Waals surface area contributed by atoms with Crippen LogP contribution >= 0.6 is 0 Å². The molecule has 0 spiro atoms. The van der Waals surface area contributed by atoms with Crippen molar-refractivity contribution >= 4 is 0 Å². The summed E-state index contributed by atoms with van der Waals surface area (Å²) >= 11 is 0. The Bertz CT molecular complexity index is 137. The van der Waals surface area contributed by atoms with Gasteiger partial charge in [-0.25, -0.2) is 0 Å². The van der Waals surface area contributed by atoms with Crippen molar-refractivity contribution in [2.75, 3.05) is 26.2 Å². The fraction of sp³-hybridized carbons (Fsp3) is 1.00. The van der Waals surface area contributed by atoms with Crippen molar-refractivity contribution in [3.63, 3.8) is 0 Å². The van der Waals surface area contributed by atoms with E-state index in [4.69, 9.17) is 5.73 Å². The van der Waals surface area contributed by atoms with Gasteiger partial charge in [0, 0.05) is 19.6 Å². The molecule has 1 fully saturated rings. The number of likely N-dealkylation sites (tertiary alicyclic amines) is 1. The summed E-state index contributed by atoms with van der Waals surface area (Å²) in [7, 11) is 0. The molecule has 0 aliphatic carbocycles. The number of nitrogens with zero attached hydrogens (tertiary/aromatic N) is 1. The van der Waals surface area contributed by atoms with Crippen molar-refractivity contribution in [3.8, 4) is 0 Å². The Morgan fingerprint density at radius 3 is 2.31 bits per heavy atom. The van der Waals surface area contributed by atoms with Crippen LogP contribution in [0.1, 0.15) is 27.2 Å². The van der Waals surface area contributed by atoms with Crippen LogP contribution in [0.5, 0.6) is 0 Å². The van der Waals surface area contributed by atoms with E-state index in [0.717, 1.165) is 18.4 Å². The highest BCUT2D eigenvalue weighted by Gasteiger charge is 2.22. The molecular weight excluding hydrogens is 160 g/mol. The molecule has 78 valence electrons. The largest absolute Gasteiger partial charge is 0.330 e. The van der Waals surface area contributed by atoms with E-state index >= 15 is 0 Å². The minimum Gasteiger partial charge on any atom is -0.330 e. The van der Waals surface area contributed by atoms with Gasteiger partial charge in [-0.2, -0.15) is 0 Å². The maximum atomic E-state index is 5.63. The number of hydrogen-bond acceptors (Lipinski definition) is 2. The van der Waals surface area contributed by atoms with E-state index in [0.29, 0.717) is 5.92 Å². The third kappa shape index (κ3) is 3.65. The highest BCUT2D eigenvalue weighted by atomic mass is 15.1. The maximum Gasteiger partial charge on any atom is 0.00193 e. The Labute approximate surface area is 82.5 Å². The quantitative estimate of drug-likeness (QED) is 0.721. The minimum atomic E-state index is 0.650. The third-order valence-electron chi connectivity index (χ3n) is 2.92. The topological polar surface area (TPSA) is 29.3 Å². The molecule has 1 aliphatic rings.